The van der Waals surface area contributed by atoms with Crippen LogP contribution in [-0.2, 0) is 0 Å². The molecular weight excluding hydrogens is 198 g/mol. The lowest BCUT2D eigenvalue weighted by Crippen LogP contribution is -2.53. The smallest absolute Gasteiger partial charge is 0.0799 e. The highest BCUT2D eigenvalue weighted by Crippen LogP contribution is 2.36. The second kappa shape index (κ2) is 5.50. The summed E-state index contributed by atoms with van der Waals surface area (Å²) in [5.41, 5.74) is -0.481. The van der Waals surface area contributed by atoms with Gasteiger partial charge in [-0.05, 0) is 45.1 Å². The third-order valence-corrected chi connectivity index (χ3v) is 4.70. The molecule has 2 heteroatoms. The van der Waals surface area contributed by atoms with E-state index in [0.717, 1.165) is 13.0 Å². The van der Waals surface area contributed by atoms with Crippen molar-refractivity contribution in [1.29, 1.82) is 0 Å². The Bertz CT molecular complexity index is 201. The Kier molecular flexibility index (Phi) is 4.26. The van der Waals surface area contributed by atoms with E-state index in [4.69, 9.17) is 0 Å². The largest absolute Gasteiger partial charge is 0.388 e. The second-order valence-corrected chi connectivity index (χ2v) is 5.92. The van der Waals surface area contributed by atoms with Crippen LogP contribution in [0.2, 0.25) is 0 Å². The third-order valence-electron chi connectivity index (χ3n) is 4.70. The van der Waals surface area contributed by atoms with E-state index in [-0.39, 0.29) is 0 Å². The van der Waals surface area contributed by atoms with E-state index in [1.807, 2.05) is 0 Å². The summed E-state index contributed by atoms with van der Waals surface area (Å²) in [6.07, 6.45) is 11.5. The Morgan fingerprint density at radius 3 is 2.31 bits per heavy atom. The SMILES string of the molecule is CC(O)(C1CCCCC1)C1CCCCCN1. The minimum atomic E-state index is -0.481. The fraction of sp³-hybridized carbons (Fsp3) is 1.00. The Hall–Kier alpha value is -0.0800. The molecule has 0 radical (unpaired) electrons. The lowest BCUT2D eigenvalue weighted by Gasteiger charge is -2.41. The minimum Gasteiger partial charge on any atom is -0.388 e. The molecule has 16 heavy (non-hydrogen) atoms. The molecule has 0 aromatic heterocycles. The van der Waals surface area contributed by atoms with Gasteiger partial charge in [-0.1, -0.05) is 32.1 Å². The Labute approximate surface area is 99.8 Å². The lowest BCUT2D eigenvalue weighted by molar-refractivity contribution is -0.0488. The molecular formula is C14H27NO. The van der Waals surface area contributed by atoms with E-state index in [2.05, 4.69) is 12.2 Å². The van der Waals surface area contributed by atoms with Crippen LogP contribution < -0.4 is 5.32 Å². The molecule has 2 unspecified atom stereocenters. The fourth-order valence-corrected chi connectivity index (χ4v) is 3.50. The van der Waals surface area contributed by atoms with Gasteiger partial charge in [0.25, 0.3) is 0 Å². The van der Waals surface area contributed by atoms with Gasteiger partial charge >= 0.3 is 0 Å². The molecule has 1 heterocycles. The number of rotatable bonds is 2. The predicted octanol–water partition coefficient (Wildman–Crippen LogP) is 2.85. The van der Waals surface area contributed by atoms with Gasteiger partial charge in [0.05, 0.1) is 5.60 Å². The lowest BCUT2D eigenvalue weighted by atomic mass is 9.73. The van der Waals surface area contributed by atoms with E-state index < -0.39 is 5.60 Å². The summed E-state index contributed by atoms with van der Waals surface area (Å²) in [6, 6.07) is 0.332. The summed E-state index contributed by atoms with van der Waals surface area (Å²) < 4.78 is 0. The molecule has 2 rings (SSSR count). The first-order valence-corrected chi connectivity index (χ1v) is 7.17. The zero-order valence-corrected chi connectivity index (χ0v) is 10.7. The van der Waals surface area contributed by atoms with Crippen molar-refractivity contribution in [2.45, 2.75) is 76.4 Å². The van der Waals surface area contributed by atoms with Crippen molar-refractivity contribution in [1.82, 2.24) is 5.32 Å². The maximum Gasteiger partial charge on any atom is 0.0799 e. The number of hydrogen-bond acceptors (Lipinski definition) is 2. The monoisotopic (exact) mass is 225 g/mol. The molecule has 0 aromatic rings. The van der Waals surface area contributed by atoms with Gasteiger partial charge in [0.1, 0.15) is 0 Å². The number of aliphatic hydroxyl groups is 1. The van der Waals surface area contributed by atoms with Crippen LogP contribution in [0.1, 0.15) is 64.7 Å². The van der Waals surface area contributed by atoms with Gasteiger partial charge in [0.2, 0.25) is 0 Å². The van der Waals surface area contributed by atoms with Gasteiger partial charge < -0.3 is 10.4 Å². The predicted molar refractivity (Wildman–Crippen MR) is 67.5 cm³/mol. The molecule has 1 saturated carbocycles. The highest BCUT2D eigenvalue weighted by Gasteiger charge is 2.39. The Balaban J connectivity index is 1.97. The van der Waals surface area contributed by atoms with Crippen LogP contribution in [0.15, 0.2) is 0 Å². The molecule has 2 atom stereocenters. The summed E-state index contributed by atoms with van der Waals surface area (Å²) >= 11 is 0. The van der Waals surface area contributed by atoms with Crippen molar-refractivity contribution in [2.75, 3.05) is 6.54 Å². The normalized spacial score (nSPS) is 33.0. The number of nitrogens with one attached hydrogen (secondary N) is 1. The molecule has 0 spiro atoms. The van der Waals surface area contributed by atoms with Gasteiger partial charge in [-0.3, -0.25) is 0 Å². The molecule has 2 aliphatic rings. The molecule has 94 valence electrons. The van der Waals surface area contributed by atoms with Crippen molar-refractivity contribution in [3.8, 4) is 0 Å². The highest BCUT2D eigenvalue weighted by atomic mass is 16.3. The standard InChI is InChI=1S/C14H27NO/c1-14(16,12-8-4-2-5-9-12)13-10-6-3-7-11-15-13/h12-13,15-16H,2-11H2,1H3. The van der Waals surface area contributed by atoms with Gasteiger partial charge in [-0.2, -0.15) is 0 Å². The van der Waals surface area contributed by atoms with Crippen LogP contribution in [-0.4, -0.2) is 23.3 Å². The first kappa shape index (κ1) is 12.4. The maximum atomic E-state index is 10.8. The van der Waals surface area contributed by atoms with E-state index >= 15 is 0 Å². The molecule has 0 amide bonds. The van der Waals surface area contributed by atoms with Gasteiger partial charge in [0, 0.05) is 6.04 Å². The van der Waals surface area contributed by atoms with Crippen LogP contribution in [0.5, 0.6) is 0 Å². The summed E-state index contributed by atoms with van der Waals surface area (Å²) in [5, 5.41) is 14.4. The van der Waals surface area contributed by atoms with Gasteiger partial charge in [-0.15, -0.1) is 0 Å². The fourth-order valence-electron chi connectivity index (χ4n) is 3.50. The average molecular weight is 225 g/mol. The average Bonchev–Trinajstić information content (AvgIpc) is 2.59. The first-order chi connectivity index (χ1) is 7.71. The maximum absolute atomic E-state index is 10.8. The van der Waals surface area contributed by atoms with Crippen molar-refractivity contribution in [3.05, 3.63) is 0 Å². The zero-order chi connectivity index (χ0) is 11.4. The van der Waals surface area contributed by atoms with Crippen molar-refractivity contribution in [2.24, 2.45) is 5.92 Å². The molecule has 0 bridgehead atoms. The van der Waals surface area contributed by atoms with Crippen LogP contribution in [0, 0.1) is 5.92 Å². The topological polar surface area (TPSA) is 32.3 Å². The second-order valence-electron chi connectivity index (χ2n) is 5.92. The quantitative estimate of drug-likeness (QED) is 0.757. The zero-order valence-electron chi connectivity index (χ0n) is 10.7. The number of hydrogen-bond donors (Lipinski definition) is 2. The Morgan fingerprint density at radius 2 is 1.56 bits per heavy atom. The van der Waals surface area contributed by atoms with Gasteiger partial charge in [0.15, 0.2) is 0 Å². The highest BCUT2D eigenvalue weighted by molar-refractivity contribution is 4.95. The van der Waals surface area contributed by atoms with Crippen molar-refractivity contribution < 1.29 is 5.11 Å². The molecule has 2 fully saturated rings. The summed E-state index contributed by atoms with van der Waals surface area (Å²) in [7, 11) is 0. The molecule has 2 N–H and O–H groups in total. The van der Waals surface area contributed by atoms with Gasteiger partial charge in [-0.25, -0.2) is 0 Å². The first-order valence-electron chi connectivity index (χ1n) is 7.17. The molecule has 1 saturated heterocycles. The van der Waals surface area contributed by atoms with E-state index in [1.54, 1.807) is 0 Å². The van der Waals surface area contributed by atoms with Crippen LogP contribution >= 0.6 is 0 Å². The summed E-state index contributed by atoms with van der Waals surface area (Å²) in [4.78, 5) is 0. The Morgan fingerprint density at radius 1 is 0.938 bits per heavy atom. The summed E-state index contributed by atoms with van der Waals surface area (Å²) in [6.45, 7) is 3.17. The minimum absolute atomic E-state index is 0.332. The van der Waals surface area contributed by atoms with E-state index in [0.29, 0.717) is 12.0 Å². The molecule has 0 aromatic carbocycles. The summed E-state index contributed by atoms with van der Waals surface area (Å²) in [5.74, 6) is 0.525. The molecule has 2 nitrogen and oxygen atoms in total. The molecule has 1 aliphatic carbocycles. The third kappa shape index (κ3) is 2.78. The van der Waals surface area contributed by atoms with Crippen molar-refractivity contribution in [3.63, 3.8) is 0 Å². The van der Waals surface area contributed by atoms with Crippen LogP contribution in [0.25, 0.3) is 0 Å². The molecule has 1 aliphatic heterocycles. The van der Waals surface area contributed by atoms with Crippen LogP contribution in [0.4, 0.5) is 0 Å². The van der Waals surface area contributed by atoms with E-state index in [1.165, 1.54) is 51.4 Å². The van der Waals surface area contributed by atoms with Crippen molar-refractivity contribution >= 4 is 0 Å². The van der Waals surface area contributed by atoms with Crippen LogP contribution in [0.3, 0.4) is 0 Å². The van der Waals surface area contributed by atoms with E-state index in [9.17, 15) is 5.11 Å².